The molecule has 2 N–H and O–H groups in total. The SMILES string of the molecule is Cn1c(C#CC2CCCCC2)nc2c(=O)[nH]c(=O)[nH]c21. The topological polar surface area (TPSA) is 83.5 Å². The number of hydrogen-bond acceptors (Lipinski definition) is 3. The highest BCUT2D eigenvalue weighted by Gasteiger charge is 2.12. The van der Waals surface area contributed by atoms with Gasteiger partial charge in [-0.15, -0.1) is 0 Å². The second kappa shape index (κ2) is 5.00. The van der Waals surface area contributed by atoms with Crippen LogP contribution >= 0.6 is 0 Å². The lowest BCUT2D eigenvalue weighted by Crippen LogP contribution is -2.22. The Kier molecular flexibility index (Phi) is 3.18. The number of aromatic nitrogens is 4. The molecule has 0 bridgehead atoms. The molecule has 1 saturated carbocycles. The van der Waals surface area contributed by atoms with Crippen molar-refractivity contribution in [2.45, 2.75) is 32.1 Å². The Hall–Kier alpha value is -2.29. The summed E-state index contributed by atoms with van der Waals surface area (Å²) in [6.45, 7) is 0. The predicted molar refractivity (Wildman–Crippen MR) is 75.4 cm³/mol. The van der Waals surface area contributed by atoms with E-state index in [0.717, 1.165) is 12.8 Å². The van der Waals surface area contributed by atoms with Crippen LogP contribution in [-0.4, -0.2) is 19.5 Å². The van der Waals surface area contributed by atoms with E-state index >= 15 is 0 Å². The molecular formula is C14H16N4O2. The standard InChI is InChI=1S/C14H16N4O2/c1-18-10(8-7-9-5-3-2-4-6-9)15-11-12(18)16-14(20)17-13(11)19/h9H,2-6H2,1H3,(H2,16,17,19,20). The fraction of sp³-hybridized carbons (Fsp3) is 0.500. The summed E-state index contributed by atoms with van der Waals surface area (Å²) in [5.41, 5.74) is -0.380. The number of hydrogen-bond donors (Lipinski definition) is 2. The largest absolute Gasteiger partial charge is 0.327 e. The summed E-state index contributed by atoms with van der Waals surface area (Å²) in [7, 11) is 1.75. The lowest BCUT2D eigenvalue weighted by atomic mass is 9.90. The van der Waals surface area contributed by atoms with Crippen molar-refractivity contribution in [1.29, 1.82) is 0 Å². The molecule has 0 unspecified atom stereocenters. The molecule has 1 aliphatic carbocycles. The number of H-pyrrole nitrogens is 2. The molecule has 2 aromatic rings. The van der Waals surface area contributed by atoms with Crippen molar-refractivity contribution in [3.8, 4) is 11.8 Å². The Balaban J connectivity index is 2.02. The molecule has 0 aliphatic heterocycles. The van der Waals surface area contributed by atoms with Gasteiger partial charge in [-0.25, -0.2) is 9.78 Å². The van der Waals surface area contributed by atoms with Gasteiger partial charge in [-0.1, -0.05) is 25.2 Å². The molecule has 1 aliphatic rings. The fourth-order valence-corrected chi connectivity index (χ4v) is 2.63. The third-order valence-corrected chi connectivity index (χ3v) is 3.76. The second-order valence-corrected chi connectivity index (χ2v) is 5.20. The number of fused-ring (bicyclic) bond motifs is 1. The zero-order valence-electron chi connectivity index (χ0n) is 11.3. The van der Waals surface area contributed by atoms with Crippen LogP contribution in [0.4, 0.5) is 0 Å². The van der Waals surface area contributed by atoms with Gasteiger partial charge in [-0.2, -0.15) is 0 Å². The van der Waals surface area contributed by atoms with Crippen molar-refractivity contribution in [3.63, 3.8) is 0 Å². The normalized spacial score (nSPS) is 16.1. The minimum Gasteiger partial charge on any atom is -0.306 e. The zero-order valence-corrected chi connectivity index (χ0v) is 11.3. The molecule has 3 rings (SSSR count). The lowest BCUT2D eigenvalue weighted by Gasteiger charge is -2.15. The predicted octanol–water partition coefficient (Wildman–Crippen LogP) is 0.882. The molecular weight excluding hydrogens is 256 g/mol. The first-order chi connectivity index (χ1) is 9.65. The van der Waals surface area contributed by atoms with Crippen LogP contribution < -0.4 is 11.2 Å². The number of nitrogens with one attached hydrogen (secondary N) is 2. The van der Waals surface area contributed by atoms with Gasteiger partial charge in [0.2, 0.25) is 0 Å². The molecule has 104 valence electrons. The van der Waals surface area contributed by atoms with Gasteiger partial charge >= 0.3 is 5.69 Å². The number of nitrogens with zero attached hydrogens (tertiary/aromatic N) is 2. The molecule has 0 amide bonds. The van der Waals surface area contributed by atoms with Crippen molar-refractivity contribution >= 4 is 11.2 Å². The van der Waals surface area contributed by atoms with Crippen molar-refractivity contribution in [1.82, 2.24) is 19.5 Å². The first-order valence-electron chi connectivity index (χ1n) is 6.86. The fourth-order valence-electron chi connectivity index (χ4n) is 2.63. The number of aromatic amines is 2. The summed E-state index contributed by atoms with van der Waals surface area (Å²) in [4.78, 5) is 31.9. The number of imidazole rings is 1. The highest BCUT2D eigenvalue weighted by molar-refractivity contribution is 5.70. The van der Waals surface area contributed by atoms with E-state index in [1.807, 2.05) is 0 Å². The maximum absolute atomic E-state index is 11.7. The quantitative estimate of drug-likeness (QED) is 0.698. The van der Waals surface area contributed by atoms with Gasteiger partial charge in [-0.05, 0) is 18.8 Å². The van der Waals surface area contributed by atoms with E-state index in [0.29, 0.717) is 17.4 Å². The summed E-state index contributed by atoms with van der Waals surface area (Å²) in [5, 5.41) is 0. The van der Waals surface area contributed by atoms with E-state index in [-0.39, 0.29) is 5.52 Å². The molecule has 0 atom stereocenters. The Morgan fingerprint density at radius 3 is 2.70 bits per heavy atom. The Morgan fingerprint density at radius 2 is 1.95 bits per heavy atom. The van der Waals surface area contributed by atoms with Crippen LogP contribution in [0.15, 0.2) is 9.59 Å². The van der Waals surface area contributed by atoms with E-state index in [4.69, 9.17) is 0 Å². The van der Waals surface area contributed by atoms with Crippen LogP contribution in [0.2, 0.25) is 0 Å². The summed E-state index contributed by atoms with van der Waals surface area (Å²) < 4.78 is 1.65. The van der Waals surface area contributed by atoms with Crippen molar-refractivity contribution in [3.05, 3.63) is 26.7 Å². The van der Waals surface area contributed by atoms with E-state index in [1.165, 1.54) is 19.3 Å². The molecule has 20 heavy (non-hydrogen) atoms. The van der Waals surface area contributed by atoms with Crippen LogP contribution in [0.5, 0.6) is 0 Å². The Morgan fingerprint density at radius 1 is 1.20 bits per heavy atom. The van der Waals surface area contributed by atoms with Crippen molar-refractivity contribution < 1.29 is 0 Å². The molecule has 1 fully saturated rings. The van der Waals surface area contributed by atoms with Crippen LogP contribution in [0.3, 0.4) is 0 Å². The van der Waals surface area contributed by atoms with Crippen LogP contribution in [0.25, 0.3) is 11.2 Å². The summed E-state index contributed by atoms with van der Waals surface area (Å²) >= 11 is 0. The lowest BCUT2D eigenvalue weighted by molar-refractivity contribution is 0.430. The average Bonchev–Trinajstić information content (AvgIpc) is 2.75. The van der Waals surface area contributed by atoms with Crippen molar-refractivity contribution in [2.24, 2.45) is 13.0 Å². The minimum atomic E-state index is -0.530. The van der Waals surface area contributed by atoms with Gasteiger partial charge in [0, 0.05) is 13.0 Å². The van der Waals surface area contributed by atoms with E-state index in [2.05, 4.69) is 26.8 Å². The van der Waals surface area contributed by atoms with Gasteiger partial charge < -0.3 is 4.57 Å². The molecule has 0 aromatic carbocycles. The summed E-state index contributed by atoms with van der Waals surface area (Å²) in [6.07, 6.45) is 6.02. The van der Waals surface area contributed by atoms with Gasteiger partial charge in [0.15, 0.2) is 11.3 Å². The van der Waals surface area contributed by atoms with Crippen LogP contribution in [0, 0.1) is 17.8 Å². The van der Waals surface area contributed by atoms with Crippen molar-refractivity contribution in [2.75, 3.05) is 0 Å². The maximum Gasteiger partial charge on any atom is 0.327 e. The molecule has 6 nitrogen and oxygen atoms in total. The molecule has 0 spiro atoms. The Labute approximate surface area is 115 Å². The molecule has 2 aromatic heterocycles. The monoisotopic (exact) mass is 272 g/mol. The Bertz CT molecular complexity index is 810. The van der Waals surface area contributed by atoms with E-state index in [9.17, 15) is 9.59 Å². The molecule has 0 saturated heterocycles. The molecule has 0 radical (unpaired) electrons. The smallest absolute Gasteiger partial charge is 0.306 e. The van der Waals surface area contributed by atoms with Gasteiger partial charge in [0.05, 0.1) is 0 Å². The first-order valence-corrected chi connectivity index (χ1v) is 6.86. The van der Waals surface area contributed by atoms with Gasteiger partial charge in [0.25, 0.3) is 5.56 Å². The third-order valence-electron chi connectivity index (χ3n) is 3.76. The minimum absolute atomic E-state index is 0.222. The first kappa shape index (κ1) is 12.7. The molecule has 6 heteroatoms. The average molecular weight is 272 g/mol. The highest BCUT2D eigenvalue weighted by Crippen LogP contribution is 2.22. The summed E-state index contributed by atoms with van der Waals surface area (Å²) in [5.74, 6) is 7.21. The van der Waals surface area contributed by atoms with Crippen LogP contribution in [-0.2, 0) is 7.05 Å². The highest BCUT2D eigenvalue weighted by atomic mass is 16.2. The van der Waals surface area contributed by atoms with Gasteiger partial charge in [0.1, 0.15) is 5.65 Å². The van der Waals surface area contributed by atoms with E-state index < -0.39 is 11.2 Å². The van der Waals surface area contributed by atoms with Crippen LogP contribution in [0.1, 0.15) is 37.9 Å². The second-order valence-electron chi connectivity index (χ2n) is 5.20. The third kappa shape index (κ3) is 2.27. The number of aryl methyl sites for hydroxylation is 1. The van der Waals surface area contributed by atoms with Gasteiger partial charge in [-0.3, -0.25) is 14.8 Å². The summed E-state index contributed by atoms with van der Waals surface area (Å²) in [6, 6.07) is 0. The zero-order chi connectivity index (χ0) is 14.1. The number of rotatable bonds is 0. The maximum atomic E-state index is 11.7. The van der Waals surface area contributed by atoms with E-state index in [1.54, 1.807) is 11.6 Å². The molecule has 2 heterocycles.